The topological polar surface area (TPSA) is 88.5 Å². The molecule has 0 bridgehead atoms. The lowest BCUT2D eigenvalue weighted by atomic mass is 10.1. The van der Waals surface area contributed by atoms with Gasteiger partial charge in [-0.25, -0.2) is 13.9 Å². The predicted molar refractivity (Wildman–Crippen MR) is 151 cm³/mol. The molecule has 1 heterocycles. The number of urea groups is 1. The Kier molecular flexibility index (Phi) is 8.94. The quantitative estimate of drug-likeness (QED) is 0.256. The third-order valence-corrected chi connectivity index (χ3v) is 5.74. The number of hydrogen-bond donors (Lipinski definition) is 2. The first-order valence-corrected chi connectivity index (χ1v) is 12.8. The third kappa shape index (κ3) is 7.44. The molecule has 0 aliphatic rings. The van der Waals surface area contributed by atoms with Gasteiger partial charge in [-0.2, -0.15) is 5.10 Å². The molecule has 39 heavy (non-hydrogen) atoms. The van der Waals surface area contributed by atoms with E-state index < -0.39 is 0 Å². The van der Waals surface area contributed by atoms with E-state index >= 15 is 0 Å². The number of nitrogens with one attached hydrogen (secondary N) is 2. The maximum Gasteiger partial charge on any atom is 0.322 e. The van der Waals surface area contributed by atoms with Crippen LogP contribution in [-0.2, 0) is 4.79 Å². The number of aromatic nitrogens is 2. The second-order valence-corrected chi connectivity index (χ2v) is 9.38. The van der Waals surface area contributed by atoms with Gasteiger partial charge in [-0.3, -0.25) is 4.79 Å². The highest BCUT2D eigenvalue weighted by molar-refractivity contribution is 5.97. The lowest BCUT2D eigenvalue weighted by Crippen LogP contribution is -2.42. The lowest BCUT2D eigenvalue weighted by Gasteiger charge is -2.24. The van der Waals surface area contributed by atoms with E-state index in [0.717, 1.165) is 5.56 Å². The molecule has 0 radical (unpaired) electrons. The van der Waals surface area contributed by atoms with Gasteiger partial charge in [-0.15, -0.1) is 0 Å². The fraction of sp³-hybridized carbons (Fsp3) is 0.233. The van der Waals surface area contributed by atoms with E-state index in [4.69, 9.17) is 4.74 Å². The Morgan fingerprint density at radius 3 is 2.31 bits per heavy atom. The van der Waals surface area contributed by atoms with E-state index in [1.165, 1.54) is 17.0 Å². The number of rotatable bonds is 10. The van der Waals surface area contributed by atoms with Crippen molar-refractivity contribution in [1.82, 2.24) is 14.7 Å². The summed E-state index contributed by atoms with van der Waals surface area (Å²) in [6, 6.07) is 23.8. The average Bonchev–Trinajstić information content (AvgIpc) is 3.33. The first-order valence-electron chi connectivity index (χ1n) is 12.8. The van der Waals surface area contributed by atoms with Gasteiger partial charge in [0.25, 0.3) is 0 Å². The van der Waals surface area contributed by atoms with Gasteiger partial charge >= 0.3 is 6.03 Å². The highest BCUT2D eigenvalue weighted by Crippen LogP contribution is 2.25. The minimum absolute atomic E-state index is 0.137. The first-order chi connectivity index (χ1) is 18.8. The summed E-state index contributed by atoms with van der Waals surface area (Å²) in [4.78, 5) is 27.8. The molecule has 202 valence electrons. The molecule has 0 saturated heterocycles. The summed E-state index contributed by atoms with van der Waals surface area (Å²) in [5.41, 5.74) is 2.69. The Balaban J connectivity index is 1.53. The molecule has 0 saturated carbocycles. The Labute approximate surface area is 227 Å². The summed E-state index contributed by atoms with van der Waals surface area (Å²) in [5.74, 6) is 0.491. The van der Waals surface area contributed by atoms with Crippen LogP contribution in [0.5, 0.6) is 5.75 Å². The summed E-state index contributed by atoms with van der Waals surface area (Å²) in [6.07, 6.45) is 0. The molecule has 0 aliphatic carbocycles. The fourth-order valence-electron chi connectivity index (χ4n) is 4.02. The van der Waals surface area contributed by atoms with Crippen molar-refractivity contribution < 1.29 is 18.7 Å². The molecular weight excluding hydrogens is 497 g/mol. The van der Waals surface area contributed by atoms with Crippen LogP contribution in [0.3, 0.4) is 0 Å². The SMILES string of the molecule is CCOc1ccc(NC(=O)N(CC(=O)Nc2cc(-c3ccccc3)nn2-c2ccc(F)cc2)CC(C)C)cc1. The van der Waals surface area contributed by atoms with Gasteiger partial charge in [0.1, 0.15) is 23.9 Å². The smallest absolute Gasteiger partial charge is 0.322 e. The van der Waals surface area contributed by atoms with Crippen LogP contribution >= 0.6 is 0 Å². The Morgan fingerprint density at radius 1 is 0.974 bits per heavy atom. The molecule has 0 unspecified atom stereocenters. The minimum Gasteiger partial charge on any atom is -0.494 e. The van der Waals surface area contributed by atoms with Crippen LogP contribution in [0.15, 0.2) is 84.9 Å². The predicted octanol–water partition coefficient (Wildman–Crippen LogP) is 6.21. The Hall–Kier alpha value is -4.66. The van der Waals surface area contributed by atoms with Crippen LogP contribution in [0.4, 0.5) is 20.7 Å². The van der Waals surface area contributed by atoms with Gasteiger partial charge in [0, 0.05) is 23.9 Å². The van der Waals surface area contributed by atoms with Crippen molar-refractivity contribution in [3.63, 3.8) is 0 Å². The first kappa shape index (κ1) is 27.4. The summed E-state index contributed by atoms with van der Waals surface area (Å²) in [6.45, 7) is 6.62. The largest absolute Gasteiger partial charge is 0.494 e. The second-order valence-electron chi connectivity index (χ2n) is 9.38. The number of amides is 3. The number of ether oxygens (including phenoxy) is 1. The van der Waals surface area contributed by atoms with Crippen LogP contribution in [0.1, 0.15) is 20.8 Å². The molecule has 8 nitrogen and oxygen atoms in total. The number of hydrogen-bond acceptors (Lipinski definition) is 4. The average molecular weight is 530 g/mol. The zero-order valence-electron chi connectivity index (χ0n) is 22.2. The normalized spacial score (nSPS) is 10.8. The highest BCUT2D eigenvalue weighted by Gasteiger charge is 2.21. The molecule has 4 rings (SSSR count). The number of halogens is 1. The molecule has 0 fully saturated rings. The van der Waals surface area contributed by atoms with E-state index in [-0.39, 0.29) is 30.2 Å². The van der Waals surface area contributed by atoms with Crippen LogP contribution < -0.4 is 15.4 Å². The standard InChI is InChI=1S/C30H32FN5O3/c1-4-39-26-16-12-24(13-17-26)32-30(38)35(19-21(2)3)20-29(37)33-28-18-27(22-8-6-5-7-9-22)34-36(28)25-14-10-23(31)11-15-25/h5-18,21H,4,19-20H2,1-3H3,(H,32,38)(H,33,37). The molecule has 0 spiro atoms. The molecule has 4 aromatic rings. The van der Waals surface area contributed by atoms with Crippen molar-refractivity contribution in [2.24, 2.45) is 5.92 Å². The molecule has 0 atom stereocenters. The summed E-state index contributed by atoms with van der Waals surface area (Å²) < 4.78 is 20.6. The van der Waals surface area contributed by atoms with Crippen molar-refractivity contribution >= 4 is 23.4 Å². The number of anilines is 2. The second kappa shape index (κ2) is 12.7. The van der Waals surface area contributed by atoms with Gasteiger partial charge < -0.3 is 20.3 Å². The van der Waals surface area contributed by atoms with Gasteiger partial charge in [0.15, 0.2) is 0 Å². The van der Waals surface area contributed by atoms with Gasteiger partial charge in [0.05, 0.1) is 18.0 Å². The van der Waals surface area contributed by atoms with E-state index in [0.29, 0.717) is 41.8 Å². The van der Waals surface area contributed by atoms with E-state index in [1.807, 2.05) is 51.1 Å². The maximum absolute atomic E-state index is 13.6. The van der Waals surface area contributed by atoms with Gasteiger partial charge in [-0.05, 0) is 61.4 Å². The Bertz CT molecular complexity index is 1390. The van der Waals surface area contributed by atoms with Gasteiger partial charge in [-0.1, -0.05) is 44.2 Å². The van der Waals surface area contributed by atoms with Gasteiger partial charge in [0.2, 0.25) is 5.91 Å². The maximum atomic E-state index is 13.6. The van der Waals surface area contributed by atoms with Crippen molar-refractivity contribution in [2.75, 3.05) is 30.3 Å². The summed E-state index contributed by atoms with van der Waals surface area (Å²) >= 11 is 0. The zero-order chi connectivity index (χ0) is 27.8. The zero-order valence-corrected chi connectivity index (χ0v) is 22.2. The Morgan fingerprint density at radius 2 is 1.67 bits per heavy atom. The summed E-state index contributed by atoms with van der Waals surface area (Å²) in [7, 11) is 0. The van der Waals surface area contributed by atoms with Crippen LogP contribution in [-0.4, -0.2) is 46.3 Å². The van der Waals surface area contributed by atoms with E-state index in [1.54, 1.807) is 47.1 Å². The number of benzene rings is 3. The van der Waals surface area contributed by atoms with Crippen molar-refractivity contribution in [3.05, 3.63) is 90.7 Å². The van der Waals surface area contributed by atoms with Crippen LogP contribution in [0.25, 0.3) is 16.9 Å². The molecule has 3 amide bonds. The molecule has 2 N–H and O–H groups in total. The van der Waals surface area contributed by atoms with Crippen molar-refractivity contribution in [3.8, 4) is 22.7 Å². The number of nitrogens with zero attached hydrogens (tertiary/aromatic N) is 3. The molecule has 1 aromatic heterocycles. The van der Waals surface area contributed by atoms with Crippen LogP contribution in [0, 0.1) is 11.7 Å². The van der Waals surface area contributed by atoms with E-state index in [9.17, 15) is 14.0 Å². The highest BCUT2D eigenvalue weighted by atomic mass is 19.1. The molecule has 0 aliphatic heterocycles. The lowest BCUT2D eigenvalue weighted by molar-refractivity contribution is -0.116. The third-order valence-electron chi connectivity index (χ3n) is 5.74. The fourth-order valence-corrected chi connectivity index (χ4v) is 4.02. The molecule has 9 heteroatoms. The number of carbonyl (C=O) groups is 2. The van der Waals surface area contributed by atoms with Crippen molar-refractivity contribution in [2.45, 2.75) is 20.8 Å². The molecular formula is C30H32FN5O3. The minimum atomic E-state index is -0.389. The van der Waals surface area contributed by atoms with E-state index in [2.05, 4.69) is 15.7 Å². The summed E-state index contributed by atoms with van der Waals surface area (Å²) in [5, 5.41) is 10.4. The number of carbonyl (C=O) groups excluding carboxylic acids is 2. The monoisotopic (exact) mass is 529 g/mol. The van der Waals surface area contributed by atoms with Crippen LogP contribution in [0.2, 0.25) is 0 Å². The molecule has 3 aromatic carbocycles. The van der Waals surface area contributed by atoms with Crippen molar-refractivity contribution in [1.29, 1.82) is 0 Å².